The van der Waals surface area contributed by atoms with Gasteiger partial charge in [-0.1, -0.05) is 37.2 Å². The van der Waals surface area contributed by atoms with Crippen molar-refractivity contribution in [3.63, 3.8) is 0 Å². The summed E-state index contributed by atoms with van der Waals surface area (Å²) in [4.78, 5) is 12.0. The third kappa shape index (κ3) is 3.92. The Hall–Kier alpha value is -1.20. The molecule has 1 unspecified atom stereocenters. The second-order valence-corrected chi connectivity index (χ2v) is 4.74. The van der Waals surface area contributed by atoms with Gasteiger partial charge in [0, 0.05) is 5.69 Å². The van der Waals surface area contributed by atoms with Crippen LogP contribution in [0.3, 0.4) is 0 Å². The van der Waals surface area contributed by atoms with Gasteiger partial charge in [0.15, 0.2) is 0 Å². The molecule has 1 atom stereocenters. The molecule has 1 aromatic carbocycles. The second kappa shape index (κ2) is 6.66. The summed E-state index contributed by atoms with van der Waals surface area (Å²) < 4.78 is 13.2. The lowest BCUT2D eigenvalue weighted by molar-refractivity contribution is -0.118. The molecule has 6 heteroatoms. The van der Waals surface area contributed by atoms with E-state index in [4.69, 9.17) is 29.6 Å². The Morgan fingerprint density at radius 2 is 2.28 bits per heavy atom. The number of benzene rings is 1. The predicted octanol–water partition coefficient (Wildman–Crippen LogP) is 3.12. The van der Waals surface area contributed by atoms with E-state index in [1.165, 1.54) is 12.1 Å². The molecule has 18 heavy (non-hydrogen) atoms. The van der Waals surface area contributed by atoms with E-state index in [2.05, 4.69) is 5.32 Å². The fraction of sp³-hybridized carbons (Fsp3) is 0.333. The summed E-state index contributed by atoms with van der Waals surface area (Å²) in [6, 6.07) is 4.05. The number of thiocarbonyl (C=S) groups is 1. The van der Waals surface area contributed by atoms with Crippen molar-refractivity contribution in [2.75, 3.05) is 5.32 Å². The van der Waals surface area contributed by atoms with Crippen LogP contribution < -0.4 is 11.1 Å². The minimum atomic E-state index is -0.586. The molecule has 1 rings (SSSR count). The van der Waals surface area contributed by atoms with E-state index >= 15 is 0 Å². The molecule has 0 spiro atoms. The first kappa shape index (κ1) is 14.9. The van der Waals surface area contributed by atoms with Crippen molar-refractivity contribution in [3.05, 3.63) is 29.0 Å². The molecule has 98 valence electrons. The van der Waals surface area contributed by atoms with Gasteiger partial charge in [-0.2, -0.15) is 0 Å². The lowest BCUT2D eigenvalue weighted by Gasteiger charge is -2.14. The fourth-order valence-corrected chi connectivity index (χ4v) is 1.84. The zero-order chi connectivity index (χ0) is 13.7. The van der Waals surface area contributed by atoms with Crippen molar-refractivity contribution in [3.8, 4) is 0 Å². The number of carbonyl (C=O) groups excluding carboxylic acids is 1. The number of nitrogens with one attached hydrogen (secondary N) is 1. The molecule has 1 aromatic rings. The molecule has 0 radical (unpaired) electrons. The number of anilines is 1. The van der Waals surface area contributed by atoms with Crippen molar-refractivity contribution < 1.29 is 9.18 Å². The second-order valence-electron chi connectivity index (χ2n) is 3.86. The van der Waals surface area contributed by atoms with Gasteiger partial charge in [-0.05, 0) is 24.6 Å². The predicted molar refractivity (Wildman–Crippen MR) is 75.2 cm³/mol. The van der Waals surface area contributed by atoms with Crippen LogP contribution in [-0.4, -0.2) is 10.9 Å². The average Bonchev–Trinajstić information content (AvgIpc) is 2.30. The van der Waals surface area contributed by atoms with Gasteiger partial charge in [0.25, 0.3) is 0 Å². The first-order chi connectivity index (χ1) is 8.45. The van der Waals surface area contributed by atoms with Crippen molar-refractivity contribution in [1.29, 1.82) is 0 Å². The van der Waals surface area contributed by atoms with Gasteiger partial charge in [-0.15, -0.1) is 0 Å². The number of nitrogens with two attached hydrogens (primary N) is 1. The highest BCUT2D eigenvalue weighted by Gasteiger charge is 2.20. The summed E-state index contributed by atoms with van der Waals surface area (Å²) in [7, 11) is 0. The van der Waals surface area contributed by atoms with E-state index in [1.807, 2.05) is 6.92 Å². The first-order valence-electron chi connectivity index (χ1n) is 5.51. The van der Waals surface area contributed by atoms with Gasteiger partial charge in [0.1, 0.15) is 5.82 Å². The van der Waals surface area contributed by atoms with Gasteiger partial charge in [-0.3, -0.25) is 4.79 Å². The molecule has 0 aliphatic carbocycles. The fourth-order valence-electron chi connectivity index (χ4n) is 1.49. The summed E-state index contributed by atoms with van der Waals surface area (Å²) in [6.07, 6.45) is 1.35. The quantitative estimate of drug-likeness (QED) is 0.819. The monoisotopic (exact) mass is 288 g/mol. The third-order valence-corrected chi connectivity index (χ3v) is 3.02. The third-order valence-electron chi connectivity index (χ3n) is 2.42. The number of carbonyl (C=O) groups is 1. The minimum Gasteiger partial charge on any atom is -0.393 e. The Labute approximate surface area is 115 Å². The van der Waals surface area contributed by atoms with E-state index in [1.54, 1.807) is 0 Å². The Morgan fingerprint density at radius 3 is 2.78 bits per heavy atom. The smallest absolute Gasteiger partial charge is 0.234 e. The molecule has 0 bridgehead atoms. The molecule has 1 amide bonds. The van der Waals surface area contributed by atoms with Crippen molar-refractivity contribution in [2.45, 2.75) is 19.8 Å². The number of halogens is 2. The normalized spacial score (nSPS) is 11.9. The van der Waals surface area contributed by atoms with Crippen LogP contribution in [0.4, 0.5) is 10.1 Å². The summed E-state index contributed by atoms with van der Waals surface area (Å²) >= 11 is 10.4. The van der Waals surface area contributed by atoms with Crippen molar-refractivity contribution >= 4 is 40.4 Å². The van der Waals surface area contributed by atoms with E-state index < -0.39 is 11.7 Å². The lowest BCUT2D eigenvalue weighted by atomic mass is 10.0. The highest BCUT2D eigenvalue weighted by molar-refractivity contribution is 7.80. The molecule has 0 aromatic heterocycles. The van der Waals surface area contributed by atoms with E-state index in [0.717, 1.165) is 12.5 Å². The van der Waals surface area contributed by atoms with Crippen LogP contribution in [0, 0.1) is 11.7 Å². The minimum absolute atomic E-state index is 0.00690. The summed E-state index contributed by atoms with van der Waals surface area (Å²) in [5.41, 5.74) is 5.84. The standard InChI is InChI=1S/C12H14ClFN2OS/c1-2-3-8(11(15)18)12(17)16-7-4-5-9(13)10(14)6-7/h4-6,8H,2-3H2,1H3,(H2,15,18)(H,16,17). The Morgan fingerprint density at radius 1 is 1.61 bits per heavy atom. The maximum atomic E-state index is 13.2. The highest BCUT2D eigenvalue weighted by atomic mass is 35.5. The molecular weight excluding hydrogens is 275 g/mol. The average molecular weight is 289 g/mol. The first-order valence-corrected chi connectivity index (χ1v) is 6.29. The van der Waals surface area contributed by atoms with Gasteiger partial charge in [0.05, 0.1) is 15.9 Å². The maximum absolute atomic E-state index is 13.2. The topological polar surface area (TPSA) is 55.1 Å². The molecule has 0 heterocycles. The van der Waals surface area contributed by atoms with E-state index in [-0.39, 0.29) is 15.9 Å². The van der Waals surface area contributed by atoms with E-state index in [0.29, 0.717) is 12.1 Å². The lowest BCUT2D eigenvalue weighted by Crippen LogP contribution is -2.33. The van der Waals surface area contributed by atoms with Crippen LogP contribution in [0.1, 0.15) is 19.8 Å². The zero-order valence-electron chi connectivity index (χ0n) is 9.87. The molecule has 0 fully saturated rings. The van der Waals surface area contributed by atoms with Crippen LogP contribution in [0.2, 0.25) is 5.02 Å². The van der Waals surface area contributed by atoms with Crippen LogP contribution >= 0.6 is 23.8 Å². The summed E-state index contributed by atoms with van der Waals surface area (Å²) in [6.45, 7) is 1.93. The largest absolute Gasteiger partial charge is 0.393 e. The van der Waals surface area contributed by atoms with E-state index in [9.17, 15) is 9.18 Å². The zero-order valence-corrected chi connectivity index (χ0v) is 11.4. The summed E-state index contributed by atoms with van der Waals surface area (Å²) in [5, 5.41) is 2.58. The number of hydrogen-bond acceptors (Lipinski definition) is 2. The Kier molecular flexibility index (Phi) is 5.50. The van der Waals surface area contributed by atoms with Crippen LogP contribution in [-0.2, 0) is 4.79 Å². The molecule has 0 aliphatic heterocycles. The van der Waals surface area contributed by atoms with Gasteiger partial charge in [0.2, 0.25) is 5.91 Å². The van der Waals surface area contributed by atoms with Crippen molar-refractivity contribution in [1.82, 2.24) is 0 Å². The highest BCUT2D eigenvalue weighted by Crippen LogP contribution is 2.19. The molecule has 3 N–H and O–H groups in total. The van der Waals surface area contributed by atoms with Crippen LogP contribution in [0.25, 0.3) is 0 Å². The number of hydrogen-bond donors (Lipinski definition) is 2. The van der Waals surface area contributed by atoms with Gasteiger partial charge < -0.3 is 11.1 Å². The van der Waals surface area contributed by atoms with Gasteiger partial charge >= 0.3 is 0 Å². The Balaban J connectivity index is 2.79. The molecule has 0 saturated carbocycles. The maximum Gasteiger partial charge on any atom is 0.234 e. The molecule has 3 nitrogen and oxygen atoms in total. The number of rotatable bonds is 5. The SMILES string of the molecule is CCCC(C(=O)Nc1ccc(Cl)c(F)c1)C(N)=S. The summed E-state index contributed by atoms with van der Waals surface area (Å²) in [5.74, 6) is -1.45. The van der Waals surface area contributed by atoms with Crippen LogP contribution in [0.15, 0.2) is 18.2 Å². The Bertz CT molecular complexity index is 467. The molecular formula is C12H14ClFN2OS. The number of amides is 1. The van der Waals surface area contributed by atoms with Crippen molar-refractivity contribution in [2.24, 2.45) is 11.7 Å². The molecule has 0 aliphatic rings. The van der Waals surface area contributed by atoms with Gasteiger partial charge in [-0.25, -0.2) is 4.39 Å². The molecule has 0 saturated heterocycles. The van der Waals surface area contributed by atoms with Crippen LogP contribution in [0.5, 0.6) is 0 Å².